The summed E-state index contributed by atoms with van der Waals surface area (Å²) in [6.07, 6.45) is 6.08. The fourth-order valence-electron chi connectivity index (χ4n) is 2.78. The van der Waals surface area contributed by atoms with Crippen molar-refractivity contribution in [3.05, 3.63) is 45.5 Å². The minimum Gasteiger partial charge on any atom is -0.317 e. The van der Waals surface area contributed by atoms with Crippen molar-refractivity contribution >= 4 is 17.2 Å². The highest BCUT2D eigenvalue weighted by Gasteiger charge is 2.13. The number of hydrogen-bond donors (Lipinski definition) is 1. The molecule has 1 saturated heterocycles. The van der Waals surface area contributed by atoms with Gasteiger partial charge in [0.1, 0.15) is 5.65 Å². The van der Waals surface area contributed by atoms with E-state index >= 15 is 0 Å². The number of aromatic nitrogens is 2. The van der Waals surface area contributed by atoms with Crippen LogP contribution in [-0.4, -0.2) is 22.5 Å². The van der Waals surface area contributed by atoms with E-state index in [0.29, 0.717) is 10.7 Å². The molecule has 0 bridgehead atoms. The number of nitrogens with one attached hydrogen (secondary N) is 1. The van der Waals surface area contributed by atoms with E-state index in [0.717, 1.165) is 37.5 Å². The van der Waals surface area contributed by atoms with Crippen molar-refractivity contribution in [3.63, 3.8) is 0 Å². The van der Waals surface area contributed by atoms with E-state index in [4.69, 9.17) is 11.6 Å². The molecule has 0 aromatic carbocycles. The van der Waals surface area contributed by atoms with E-state index in [2.05, 4.69) is 10.3 Å². The Morgan fingerprint density at radius 1 is 1.35 bits per heavy atom. The third-order valence-corrected chi connectivity index (χ3v) is 4.18. The average Bonchev–Trinajstić information content (AvgIpc) is 2.46. The average molecular weight is 292 g/mol. The largest absolute Gasteiger partial charge is 0.317 e. The van der Waals surface area contributed by atoms with Gasteiger partial charge in [0.05, 0.1) is 0 Å². The van der Waals surface area contributed by atoms with Crippen LogP contribution in [0.25, 0.3) is 5.65 Å². The molecule has 1 aliphatic heterocycles. The number of nitrogens with zero attached hydrogens (tertiary/aromatic N) is 2. The van der Waals surface area contributed by atoms with Crippen LogP contribution in [0.3, 0.4) is 0 Å². The lowest BCUT2D eigenvalue weighted by Crippen LogP contribution is -2.28. The van der Waals surface area contributed by atoms with Gasteiger partial charge in [-0.25, -0.2) is 4.98 Å². The minimum absolute atomic E-state index is 0.0352. The van der Waals surface area contributed by atoms with E-state index in [1.54, 1.807) is 24.4 Å². The number of piperidine rings is 1. The predicted octanol–water partition coefficient (Wildman–Crippen LogP) is 2.28. The maximum Gasteiger partial charge on any atom is 0.258 e. The molecular weight excluding hydrogens is 274 g/mol. The highest BCUT2D eigenvalue weighted by Crippen LogP contribution is 2.18. The van der Waals surface area contributed by atoms with Crippen LogP contribution in [0.2, 0.25) is 5.02 Å². The standard InChI is InChI=1S/C15H18ClN3O/c16-12-5-8-19-14(9-12)18-13(10-15(19)20)2-1-11-3-6-17-7-4-11/h5,8-11,17H,1-4,6-7H2. The van der Waals surface area contributed by atoms with Crippen molar-refractivity contribution < 1.29 is 0 Å². The lowest BCUT2D eigenvalue weighted by Gasteiger charge is -2.22. The molecule has 2 aromatic heterocycles. The van der Waals surface area contributed by atoms with Gasteiger partial charge in [-0.2, -0.15) is 0 Å². The molecule has 2 aromatic rings. The number of hydrogen-bond acceptors (Lipinski definition) is 3. The van der Waals surface area contributed by atoms with Crippen LogP contribution in [0.4, 0.5) is 0 Å². The Hall–Kier alpha value is -1.39. The summed E-state index contributed by atoms with van der Waals surface area (Å²) in [6, 6.07) is 5.07. The van der Waals surface area contributed by atoms with Crippen LogP contribution in [0.1, 0.15) is 25.0 Å². The Labute approximate surface area is 122 Å². The van der Waals surface area contributed by atoms with Gasteiger partial charge in [-0.05, 0) is 50.8 Å². The first-order chi connectivity index (χ1) is 9.72. The molecule has 5 heteroatoms. The summed E-state index contributed by atoms with van der Waals surface area (Å²) in [6.45, 7) is 2.21. The van der Waals surface area contributed by atoms with Gasteiger partial charge in [-0.1, -0.05) is 11.6 Å². The zero-order valence-electron chi connectivity index (χ0n) is 11.3. The first-order valence-electron chi connectivity index (χ1n) is 7.11. The summed E-state index contributed by atoms with van der Waals surface area (Å²) >= 11 is 5.96. The summed E-state index contributed by atoms with van der Waals surface area (Å²) in [5.74, 6) is 0.746. The van der Waals surface area contributed by atoms with Gasteiger partial charge >= 0.3 is 0 Å². The van der Waals surface area contributed by atoms with Gasteiger partial charge in [0.15, 0.2) is 0 Å². The summed E-state index contributed by atoms with van der Waals surface area (Å²) in [5, 5.41) is 3.97. The van der Waals surface area contributed by atoms with Gasteiger partial charge in [-0.3, -0.25) is 9.20 Å². The molecule has 0 aliphatic carbocycles. The van der Waals surface area contributed by atoms with E-state index in [1.807, 2.05) is 0 Å². The second-order valence-corrected chi connectivity index (χ2v) is 5.83. The molecule has 1 fully saturated rings. The molecule has 0 spiro atoms. The van der Waals surface area contributed by atoms with Crippen LogP contribution in [0.15, 0.2) is 29.2 Å². The molecule has 0 atom stereocenters. The maximum absolute atomic E-state index is 12.0. The number of rotatable bonds is 3. The molecule has 20 heavy (non-hydrogen) atoms. The summed E-state index contributed by atoms with van der Waals surface area (Å²) in [5.41, 5.74) is 1.47. The summed E-state index contributed by atoms with van der Waals surface area (Å²) in [7, 11) is 0. The summed E-state index contributed by atoms with van der Waals surface area (Å²) < 4.78 is 1.53. The van der Waals surface area contributed by atoms with Gasteiger partial charge < -0.3 is 5.32 Å². The number of pyridine rings is 1. The van der Waals surface area contributed by atoms with Gasteiger partial charge in [0, 0.05) is 29.0 Å². The monoisotopic (exact) mass is 291 g/mol. The molecule has 0 amide bonds. The minimum atomic E-state index is -0.0352. The second-order valence-electron chi connectivity index (χ2n) is 5.39. The first-order valence-corrected chi connectivity index (χ1v) is 7.49. The molecule has 0 saturated carbocycles. The van der Waals surface area contributed by atoms with Crippen LogP contribution < -0.4 is 10.9 Å². The zero-order chi connectivity index (χ0) is 13.9. The van der Waals surface area contributed by atoms with Crippen molar-refractivity contribution in [2.75, 3.05) is 13.1 Å². The van der Waals surface area contributed by atoms with Crippen molar-refractivity contribution in [3.8, 4) is 0 Å². The van der Waals surface area contributed by atoms with Crippen LogP contribution in [-0.2, 0) is 6.42 Å². The number of fused-ring (bicyclic) bond motifs is 1. The van der Waals surface area contributed by atoms with E-state index in [1.165, 1.54) is 17.2 Å². The Morgan fingerprint density at radius 3 is 2.95 bits per heavy atom. The Kier molecular flexibility index (Phi) is 4.03. The quantitative estimate of drug-likeness (QED) is 0.944. The highest BCUT2D eigenvalue weighted by atomic mass is 35.5. The van der Waals surface area contributed by atoms with Crippen molar-refractivity contribution in [1.29, 1.82) is 0 Å². The predicted molar refractivity (Wildman–Crippen MR) is 80.4 cm³/mol. The molecule has 3 rings (SSSR count). The van der Waals surface area contributed by atoms with Crippen molar-refractivity contribution in [2.45, 2.75) is 25.7 Å². The van der Waals surface area contributed by atoms with E-state index < -0.39 is 0 Å². The second kappa shape index (κ2) is 5.94. The van der Waals surface area contributed by atoms with Gasteiger partial charge in [0.25, 0.3) is 5.56 Å². The van der Waals surface area contributed by atoms with Crippen molar-refractivity contribution in [2.24, 2.45) is 5.92 Å². The SMILES string of the molecule is O=c1cc(CCC2CCNCC2)nc2cc(Cl)ccn12. The highest BCUT2D eigenvalue weighted by molar-refractivity contribution is 6.30. The Bertz CT molecular complexity index is 662. The van der Waals surface area contributed by atoms with Crippen LogP contribution >= 0.6 is 11.6 Å². The Balaban J connectivity index is 1.79. The van der Waals surface area contributed by atoms with Gasteiger partial charge in [0.2, 0.25) is 0 Å². The zero-order valence-corrected chi connectivity index (χ0v) is 12.1. The molecule has 1 aliphatic rings. The molecule has 0 radical (unpaired) electrons. The smallest absolute Gasteiger partial charge is 0.258 e. The molecular formula is C15H18ClN3O. The Morgan fingerprint density at radius 2 is 2.15 bits per heavy atom. The maximum atomic E-state index is 12.0. The van der Waals surface area contributed by atoms with Crippen LogP contribution in [0, 0.1) is 5.92 Å². The first kappa shape index (κ1) is 13.6. The molecule has 106 valence electrons. The normalized spacial score (nSPS) is 16.6. The third kappa shape index (κ3) is 3.02. The molecule has 1 N–H and O–H groups in total. The van der Waals surface area contributed by atoms with E-state index in [9.17, 15) is 4.79 Å². The third-order valence-electron chi connectivity index (χ3n) is 3.95. The fourth-order valence-corrected chi connectivity index (χ4v) is 2.93. The number of aryl methyl sites for hydroxylation is 1. The fraction of sp³-hybridized carbons (Fsp3) is 0.467. The molecule has 4 nitrogen and oxygen atoms in total. The summed E-state index contributed by atoms with van der Waals surface area (Å²) in [4.78, 5) is 16.6. The van der Waals surface area contributed by atoms with E-state index in [-0.39, 0.29) is 5.56 Å². The van der Waals surface area contributed by atoms with Gasteiger partial charge in [-0.15, -0.1) is 0 Å². The lowest BCUT2D eigenvalue weighted by molar-refractivity contribution is 0.353. The topological polar surface area (TPSA) is 46.4 Å². The lowest BCUT2D eigenvalue weighted by atomic mass is 9.92. The molecule has 0 unspecified atom stereocenters. The van der Waals surface area contributed by atoms with Crippen LogP contribution in [0.5, 0.6) is 0 Å². The number of halogens is 1. The molecule has 3 heterocycles. The van der Waals surface area contributed by atoms with Crippen molar-refractivity contribution in [1.82, 2.24) is 14.7 Å².